The van der Waals surface area contributed by atoms with Crippen LogP contribution in [-0.4, -0.2) is 13.1 Å². The van der Waals surface area contributed by atoms with Gasteiger partial charge in [0, 0.05) is 21.3 Å². The number of hydrogen-bond donors (Lipinski definition) is 1. The number of halogens is 1. The highest BCUT2D eigenvalue weighted by Gasteiger charge is 2.07. The Morgan fingerprint density at radius 2 is 1.95 bits per heavy atom. The summed E-state index contributed by atoms with van der Waals surface area (Å²) in [6.07, 6.45) is 0. The van der Waals surface area contributed by atoms with E-state index in [0.29, 0.717) is 16.8 Å². The van der Waals surface area contributed by atoms with Gasteiger partial charge in [-0.2, -0.15) is 0 Å². The van der Waals surface area contributed by atoms with Crippen LogP contribution in [0.3, 0.4) is 0 Å². The van der Waals surface area contributed by atoms with Crippen LogP contribution in [0.2, 0.25) is 0 Å². The van der Waals surface area contributed by atoms with Crippen LogP contribution in [0.4, 0.5) is 5.69 Å². The predicted molar refractivity (Wildman–Crippen MR) is 87.1 cm³/mol. The van der Waals surface area contributed by atoms with Crippen molar-refractivity contribution in [3.05, 3.63) is 63.1 Å². The maximum atomic E-state index is 11.6. The van der Waals surface area contributed by atoms with E-state index < -0.39 is 5.97 Å². The highest BCUT2D eigenvalue weighted by atomic mass is 79.9. The topological polar surface area (TPSA) is 52.3 Å². The molecule has 2 aromatic rings. The summed E-state index contributed by atoms with van der Waals surface area (Å²) in [6.45, 7) is 1.99. The van der Waals surface area contributed by atoms with Crippen LogP contribution in [0.25, 0.3) is 0 Å². The summed E-state index contributed by atoms with van der Waals surface area (Å²) in [5.74, 6) is 5.66. The fourth-order valence-electron chi connectivity index (χ4n) is 1.82. The van der Waals surface area contributed by atoms with Gasteiger partial charge in [0.1, 0.15) is 0 Å². The second-order valence-electron chi connectivity index (χ2n) is 4.56. The number of nitrogen functional groups attached to an aromatic ring is 1. The normalized spacial score (nSPS) is 9.67. The number of carbonyl (C=O) groups excluding carboxylic acids is 1. The quantitative estimate of drug-likeness (QED) is 0.489. The third kappa shape index (κ3) is 3.87. The van der Waals surface area contributed by atoms with E-state index in [4.69, 9.17) is 10.5 Å². The van der Waals surface area contributed by atoms with Gasteiger partial charge in [-0.25, -0.2) is 4.79 Å². The third-order valence-electron chi connectivity index (χ3n) is 2.87. The van der Waals surface area contributed by atoms with Gasteiger partial charge in [0.25, 0.3) is 0 Å². The zero-order valence-corrected chi connectivity index (χ0v) is 13.3. The van der Waals surface area contributed by atoms with Crippen LogP contribution < -0.4 is 5.73 Å². The molecule has 0 unspecified atom stereocenters. The first kappa shape index (κ1) is 15.1. The summed E-state index contributed by atoms with van der Waals surface area (Å²) in [6, 6.07) is 10.9. The summed E-state index contributed by atoms with van der Waals surface area (Å²) in [5, 5.41) is 0. The van der Waals surface area contributed by atoms with Crippen molar-refractivity contribution in [2.45, 2.75) is 6.92 Å². The van der Waals surface area contributed by atoms with E-state index in [9.17, 15) is 4.79 Å². The number of anilines is 1. The number of aryl methyl sites for hydroxylation is 1. The van der Waals surface area contributed by atoms with E-state index in [1.807, 2.05) is 31.2 Å². The molecule has 2 rings (SSSR count). The molecule has 0 aliphatic carbocycles. The largest absolute Gasteiger partial charge is 0.465 e. The Labute approximate surface area is 132 Å². The number of esters is 1. The summed E-state index contributed by atoms with van der Waals surface area (Å²) in [5.41, 5.74) is 9.57. The molecule has 0 heterocycles. The van der Waals surface area contributed by atoms with E-state index in [0.717, 1.165) is 15.6 Å². The number of benzene rings is 2. The molecule has 0 amide bonds. The second kappa shape index (κ2) is 6.47. The van der Waals surface area contributed by atoms with Crippen molar-refractivity contribution in [1.82, 2.24) is 0 Å². The van der Waals surface area contributed by atoms with Crippen LogP contribution in [0.1, 0.15) is 27.0 Å². The van der Waals surface area contributed by atoms with Crippen LogP contribution in [-0.2, 0) is 4.74 Å². The Hall–Kier alpha value is -2.25. The van der Waals surface area contributed by atoms with Crippen LogP contribution in [0.5, 0.6) is 0 Å². The van der Waals surface area contributed by atoms with Gasteiger partial charge in [-0.15, -0.1) is 0 Å². The molecule has 0 radical (unpaired) electrons. The first-order valence-corrected chi connectivity index (χ1v) is 7.06. The molecule has 0 saturated carbocycles. The van der Waals surface area contributed by atoms with Crippen molar-refractivity contribution in [2.24, 2.45) is 0 Å². The van der Waals surface area contributed by atoms with Crippen LogP contribution in [0.15, 0.2) is 40.9 Å². The average Bonchev–Trinajstić information content (AvgIpc) is 2.46. The lowest BCUT2D eigenvalue weighted by atomic mass is 10.1. The fourth-order valence-corrected chi connectivity index (χ4v) is 2.31. The molecule has 0 bridgehead atoms. The van der Waals surface area contributed by atoms with E-state index in [-0.39, 0.29) is 0 Å². The number of methoxy groups -OCH3 is 1. The zero-order chi connectivity index (χ0) is 15.4. The summed E-state index contributed by atoms with van der Waals surface area (Å²) < 4.78 is 5.49. The van der Waals surface area contributed by atoms with E-state index in [1.54, 1.807) is 12.1 Å². The molecule has 4 heteroatoms. The number of nitrogens with two attached hydrogens (primary N) is 1. The summed E-state index contributed by atoms with van der Waals surface area (Å²) in [7, 11) is 1.35. The second-order valence-corrected chi connectivity index (χ2v) is 5.48. The minimum absolute atomic E-state index is 0.394. The molecular weight excluding hydrogens is 330 g/mol. The first-order valence-electron chi connectivity index (χ1n) is 6.26. The number of hydrogen-bond acceptors (Lipinski definition) is 3. The van der Waals surface area contributed by atoms with Crippen LogP contribution in [0, 0.1) is 18.8 Å². The van der Waals surface area contributed by atoms with E-state index in [2.05, 4.69) is 27.8 Å². The van der Waals surface area contributed by atoms with Crippen molar-refractivity contribution in [2.75, 3.05) is 12.8 Å². The van der Waals surface area contributed by atoms with Gasteiger partial charge in [0.2, 0.25) is 0 Å². The molecular formula is C17H14BrNO2. The first-order chi connectivity index (χ1) is 9.99. The van der Waals surface area contributed by atoms with Gasteiger partial charge >= 0.3 is 5.97 Å². The molecule has 2 aromatic carbocycles. The molecule has 3 nitrogen and oxygen atoms in total. The number of carbonyl (C=O) groups is 1. The molecule has 21 heavy (non-hydrogen) atoms. The van der Waals surface area contributed by atoms with Crippen molar-refractivity contribution in [3.63, 3.8) is 0 Å². The maximum Gasteiger partial charge on any atom is 0.337 e. The lowest BCUT2D eigenvalue weighted by Gasteiger charge is -2.02. The van der Waals surface area contributed by atoms with Gasteiger partial charge in [0.15, 0.2) is 0 Å². The molecule has 2 N–H and O–H groups in total. The van der Waals surface area contributed by atoms with Crippen molar-refractivity contribution < 1.29 is 9.53 Å². The highest BCUT2D eigenvalue weighted by Crippen LogP contribution is 2.17. The third-order valence-corrected chi connectivity index (χ3v) is 3.33. The number of ether oxygens (including phenoxy) is 1. The van der Waals surface area contributed by atoms with Crippen molar-refractivity contribution in [1.29, 1.82) is 0 Å². The Morgan fingerprint density at radius 1 is 1.19 bits per heavy atom. The molecule has 0 saturated heterocycles. The van der Waals surface area contributed by atoms with Crippen molar-refractivity contribution in [3.8, 4) is 11.8 Å². The zero-order valence-electron chi connectivity index (χ0n) is 11.7. The molecule has 0 aliphatic heterocycles. The predicted octanol–water partition coefficient (Wildman–Crippen LogP) is 3.53. The minimum Gasteiger partial charge on any atom is -0.465 e. The minimum atomic E-state index is -0.394. The number of rotatable bonds is 1. The smallest absolute Gasteiger partial charge is 0.337 e. The van der Waals surface area contributed by atoms with Gasteiger partial charge < -0.3 is 10.5 Å². The van der Waals surface area contributed by atoms with Gasteiger partial charge in [-0.05, 0) is 42.8 Å². The fraction of sp³-hybridized carbons (Fsp3) is 0.118. The Balaban J connectivity index is 2.40. The van der Waals surface area contributed by atoms with Crippen LogP contribution >= 0.6 is 15.9 Å². The molecule has 0 spiro atoms. The van der Waals surface area contributed by atoms with E-state index in [1.165, 1.54) is 7.11 Å². The molecule has 0 aliphatic rings. The molecule has 0 aromatic heterocycles. The highest BCUT2D eigenvalue weighted by molar-refractivity contribution is 9.10. The van der Waals surface area contributed by atoms with E-state index >= 15 is 0 Å². The lowest BCUT2D eigenvalue weighted by molar-refractivity contribution is 0.0600. The molecule has 0 atom stereocenters. The average molecular weight is 344 g/mol. The van der Waals surface area contributed by atoms with Gasteiger partial charge in [0.05, 0.1) is 12.7 Å². The van der Waals surface area contributed by atoms with Crippen molar-refractivity contribution >= 4 is 27.6 Å². The Morgan fingerprint density at radius 3 is 2.67 bits per heavy atom. The summed E-state index contributed by atoms with van der Waals surface area (Å²) in [4.78, 5) is 11.6. The Bertz CT molecular complexity index is 757. The summed E-state index contributed by atoms with van der Waals surface area (Å²) >= 11 is 3.36. The Kier molecular flexibility index (Phi) is 4.66. The maximum absolute atomic E-state index is 11.6. The monoisotopic (exact) mass is 343 g/mol. The standard InChI is InChI=1S/C17H14BrNO2/c1-11-3-6-16(19)13(7-11)5-4-12-8-14(17(20)21-2)10-15(18)9-12/h3,6-10H,19H2,1-2H3. The molecule has 106 valence electrons. The van der Waals surface area contributed by atoms with Gasteiger partial charge in [-0.3, -0.25) is 0 Å². The SMILES string of the molecule is COC(=O)c1cc(Br)cc(C#Cc2cc(C)ccc2N)c1. The lowest BCUT2D eigenvalue weighted by Crippen LogP contribution is -2.01. The molecule has 0 fully saturated rings. The van der Waals surface area contributed by atoms with Gasteiger partial charge in [-0.1, -0.05) is 33.8 Å².